The zero-order valence-corrected chi connectivity index (χ0v) is 14.0. The van der Waals surface area contributed by atoms with Gasteiger partial charge in [0.25, 0.3) is 0 Å². The Morgan fingerprint density at radius 2 is 1.65 bits per heavy atom. The minimum absolute atomic E-state index is 0.197. The number of unbranched alkanes of at least 4 members (excludes halogenated alkanes) is 5. The van der Waals surface area contributed by atoms with Crippen molar-refractivity contribution >= 4 is 5.97 Å². The molecule has 3 N–H and O–H groups in total. The molecule has 0 aromatic rings. The van der Waals surface area contributed by atoms with E-state index in [0.717, 1.165) is 19.3 Å². The standard InChI is InChI=1S/C16H30O7/c1-3-4-5-6-7-8-9-21-16-15(20)14(19)13(18)12(23-16)10-22-11(2)17/h12-16,18-20H,3-10H2,1-2H3/t12-,13-,14+,15+,16-/m1/s1. The van der Waals surface area contributed by atoms with Gasteiger partial charge in [0.15, 0.2) is 6.29 Å². The SMILES string of the molecule is CCCCCCCCO[C@@H]1O[C@H](COC(C)=O)[C@@H](O)[C@H](O)[C@@H]1O. The fraction of sp³-hybridized carbons (Fsp3) is 0.938. The van der Waals surface area contributed by atoms with Crippen LogP contribution in [0.15, 0.2) is 0 Å². The predicted octanol–water partition coefficient (Wildman–Crippen LogP) is 0.734. The van der Waals surface area contributed by atoms with Gasteiger partial charge < -0.3 is 29.5 Å². The summed E-state index contributed by atoms with van der Waals surface area (Å²) in [5.74, 6) is -0.508. The van der Waals surface area contributed by atoms with Gasteiger partial charge in [-0.25, -0.2) is 0 Å². The minimum atomic E-state index is -1.40. The maximum atomic E-state index is 10.8. The summed E-state index contributed by atoms with van der Waals surface area (Å²) >= 11 is 0. The Hall–Kier alpha value is -0.730. The first-order valence-electron chi connectivity index (χ1n) is 8.42. The number of carbonyl (C=O) groups excluding carboxylic acids is 1. The van der Waals surface area contributed by atoms with Gasteiger partial charge in [0.2, 0.25) is 0 Å². The number of rotatable bonds is 10. The van der Waals surface area contributed by atoms with Gasteiger partial charge in [-0.2, -0.15) is 0 Å². The molecule has 0 unspecified atom stereocenters. The maximum Gasteiger partial charge on any atom is 0.302 e. The van der Waals surface area contributed by atoms with E-state index in [-0.39, 0.29) is 6.61 Å². The van der Waals surface area contributed by atoms with Gasteiger partial charge in [0, 0.05) is 13.5 Å². The molecule has 0 aromatic carbocycles. The second-order valence-corrected chi connectivity index (χ2v) is 5.96. The Kier molecular flexibility index (Phi) is 9.66. The molecule has 0 radical (unpaired) electrons. The van der Waals surface area contributed by atoms with Crippen LogP contribution in [0.1, 0.15) is 52.4 Å². The Bertz CT molecular complexity index is 336. The minimum Gasteiger partial charge on any atom is -0.463 e. The van der Waals surface area contributed by atoms with Crippen LogP contribution in [-0.2, 0) is 19.0 Å². The highest BCUT2D eigenvalue weighted by Gasteiger charge is 2.44. The summed E-state index contributed by atoms with van der Waals surface area (Å²) in [6, 6.07) is 0. The molecule has 1 heterocycles. The highest BCUT2D eigenvalue weighted by atomic mass is 16.7. The van der Waals surface area contributed by atoms with Crippen molar-refractivity contribution in [3.63, 3.8) is 0 Å². The largest absolute Gasteiger partial charge is 0.463 e. The molecular formula is C16H30O7. The van der Waals surface area contributed by atoms with E-state index in [2.05, 4.69) is 6.92 Å². The number of esters is 1. The number of carbonyl (C=O) groups is 1. The summed E-state index contributed by atoms with van der Waals surface area (Å²) in [5.41, 5.74) is 0. The van der Waals surface area contributed by atoms with Crippen molar-refractivity contribution in [2.45, 2.75) is 83.1 Å². The third-order valence-corrected chi connectivity index (χ3v) is 3.90. The molecule has 1 aliphatic rings. The van der Waals surface area contributed by atoms with E-state index >= 15 is 0 Å². The van der Waals surface area contributed by atoms with Crippen LogP contribution in [0, 0.1) is 0 Å². The molecule has 7 nitrogen and oxygen atoms in total. The van der Waals surface area contributed by atoms with Crippen molar-refractivity contribution < 1.29 is 34.3 Å². The molecular weight excluding hydrogens is 304 g/mol. The summed E-state index contributed by atoms with van der Waals surface area (Å²) in [4.78, 5) is 10.8. The molecule has 0 aromatic heterocycles. The van der Waals surface area contributed by atoms with Crippen LogP contribution in [0.2, 0.25) is 0 Å². The fourth-order valence-electron chi connectivity index (χ4n) is 2.47. The van der Waals surface area contributed by atoms with Gasteiger partial charge in [0.1, 0.15) is 31.0 Å². The lowest BCUT2D eigenvalue weighted by molar-refractivity contribution is -0.301. The van der Waals surface area contributed by atoms with Crippen molar-refractivity contribution in [2.75, 3.05) is 13.2 Å². The smallest absolute Gasteiger partial charge is 0.302 e. The third kappa shape index (κ3) is 7.14. The molecule has 1 fully saturated rings. The molecule has 1 aliphatic heterocycles. The highest BCUT2D eigenvalue weighted by Crippen LogP contribution is 2.22. The topological polar surface area (TPSA) is 105 Å². The first kappa shape index (κ1) is 20.3. The number of hydrogen-bond donors (Lipinski definition) is 3. The van der Waals surface area contributed by atoms with Crippen molar-refractivity contribution in [1.29, 1.82) is 0 Å². The van der Waals surface area contributed by atoms with Crippen LogP contribution in [0.4, 0.5) is 0 Å². The molecule has 23 heavy (non-hydrogen) atoms. The van der Waals surface area contributed by atoms with E-state index in [4.69, 9.17) is 14.2 Å². The lowest BCUT2D eigenvalue weighted by Crippen LogP contribution is -2.59. The van der Waals surface area contributed by atoms with Gasteiger partial charge in [0.05, 0.1) is 0 Å². The molecule has 5 atom stereocenters. The van der Waals surface area contributed by atoms with Crippen LogP contribution >= 0.6 is 0 Å². The Labute approximate surface area is 137 Å². The molecule has 1 rings (SSSR count). The first-order valence-corrected chi connectivity index (χ1v) is 8.42. The zero-order valence-electron chi connectivity index (χ0n) is 14.0. The number of aliphatic hydroxyl groups excluding tert-OH is 3. The van der Waals surface area contributed by atoms with Crippen molar-refractivity contribution in [3.05, 3.63) is 0 Å². The van der Waals surface area contributed by atoms with Gasteiger partial charge in [-0.15, -0.1) is 0 Å². The summed E-state index contributed by atoms with van der Waals surface area (Å²) in [6.07, 6.45) is 0.604. The summed E-state index contributed by atoms with van der Waals surface area (Å²) in [5, 5.41) is 29.6. The van der Waals surface area contributed by atoms with Gasteiger partial charge in [-0.05, 0) is 6.42 Å². The summed E-state index contributed by atoms with van der Waals surface area (Å²) in [7, 11) is 0. The zero-order chi connectivity index (χ0) is 17.2. The molecule has 0 spiro atoms. The van der Waals surface area contributed by atoms with Gasteiger partial charge >= 0.3 is 5.97 Å². The van der Waals surface area contributed by atoms with E-state index in [1.165, 1.54) is 26.2 Å². The molecule has 136 valence electrons. The van der Waals surface area contributed by atoms with E-state index in [1.807, 2.05) is 0 Å². The fourth-order valence-corrected chi connectivity index (χ4v) is 2.47. The van der Waals surface area contributed by atoms with Crippen molar-refractivity contribution in [1.82, 2.24) is 0 Å². The monoisotopic (exact) mass is 334 g/mol. The second kappa shape index (κ2) is 10.9. The molecule has 0 bridgehead atoms. The van der Waals surface area contributed by atoms with Crippen LogP contribution in [-0.4, -0.2) is 65.2 Å². The van der Waals surface area contributed by atoms with E-state index in [1.54, 1.807) is 0 Å². The second-order valence-electron chi connectivity index (χ2n) is 5.96. The van der Waals surface area contributed by atoms with Crippen LogP contribution < -0.4 is 0 Å². The van der Waals surface area contributed by atoms with Crippen LogP contribution in [0.5, 0.6) is 0 Å². The van der Waals surface area contributed by atoms with Crippen molar-refractivity contribution in [3.8, 4) is 0 Å². The summed E-state index contributed by atoms with van der Waals surface area (Å²) < 4.78 is 15.7. The van der Waals surface area contributed by atoms with Gasteiger partial charge in [-0.1, -0.05) is 39.0 Å². The van der Waals surface area contributed by atoms with E-state index in [0.29, 0.717) is 6.61 Å². The highest BCUT2D eigenvalue weighted by molar-refractivity contribution is 5.65. The Morgan fingerprint density at radius 1 is 1.00 bits per heavy atom. The number of ether oxygens (including phenoxy) is 3. The van der Waals surface area contributed by atoms with E-state index < -0.39 is 36.7 Å². The molecule has 0 amide bonds. The molecule has 0 saturated carbocycles. The third-order valence-electron chi connectivity index (χ3n) is 3.90. The van der Waals surface area contributed by atoms with E-state index in [9.17, 15) is 20.1 Å². The maximum absolute atomic E-state index is 10.8. The normalized spacial score (nSPS) is 31.1. The predicted molar refractivity (Wildman–Crippen MR) is 82.6 cm³/mol. The molecule has 7 heteroatoms. The molecule has 0 aliphatic carbocycles. The Balaban J connectivity index is 2.33. The molecule has 1 saturated heterocycles. The van der Waals surface area contributed by atoms with Crippen molar-refractivity contribution in [2.24, 2.45) is 0 Å². The number of aliphatic hydroxyl groups is 3. The number of hydrogen-bond acceptors (Lipinski definition) is 7. The van der Waals surface area contributed by atoms with Crippen LogP contribution in [0.25, 0.3) is 0 Å². The van der Waals surface area contributed by atoms with Gasteiger partial charge in [-0.3, -0.25) is 4.79 Å². The first-order chi connectivity index (χ1) is 11.0. The average molecular weight is 334 g/mol. The quantitative estimate of drug-likeness (QED) is 0.399. The lowest BCUT2D eigenvalue weighted by Gasteiger charge is -2.39. The summed E-state index contributed by atoms with van der Waals surface area (Å²) in [6.45, 7) is 3.61. The Morgan fingerprint density at radius 3 is 2.30 bits per heavy atom. The lowest BCUT2D eigenvalue weighted by atomic mass is 9.99. The van der Waals surface area contributed by atoms with Crippen LogP contribution in [0.3, 0.4) is 0 Å². The average Bonchev–Trinajstić information content (AvgIpc) is 2.52.